The predicted octanol–water partition coefficient (Wildman–Crippen LogP) is 3.86. The molecular weight excluding hydrogens is 361 g/mol. The number of aromatic nitrogens is 2. The minimum Gasteiger partial charge on any atom is -0.406 e. The highest BCUT2D eigenvalue weighted by atomic mass is 19.4. The van der Waals surface area contributed by atoms with Gasteiger partial charge >= 0.3 is 6.36 Å². The van der Waals surface area contributed by atoms with Gasteiger partial charge in [0.2, 0.25) is 5.95 Å². The third kappa shape index (κ3) is 5.32. The summed E-state index contributed by atoms with van der Waals surface area (Å²) >= 11 is 0. The maximum atomic E-state index is 12.2. The second-order valence-corrected chi connectivity index (χ2v) is 6.47. The quantitative estimate of drug-likeness (QED) is 0.872. The summed E-state index contributed by atoms with van der Waals surface area (Å²) < 4.78 is 40.2. The summed E-state index contributed by atoms with van der Waals surface area (Å²) in [6.07, 6.45) is 0.444. The minimum absolute atomic E-state index is 0.193. The van der Waals surface area contributed by atoms with Crippen LogP contribution in [0.1, 0.15) is 30.1 Å². The molecule has 144 valence electrons. The van der Waals surface area contributed by atoms with Gasteiger partial charge in [-0.3, -0.25) is 4.79 Å². The van der Waals surface area contributed by atoms with Crippen molar-refractivity contribution < 1.29 is 22.7 Å². The molecule has 1 fully saturated rings. The molecule has 1 aliphatic heterocycles. The fraction of sp³-hybridized carbons (Fsp3) is 0.389. The van der Waals surface area contributed by atoms with E-state index in [0.29, 0.717) is 17.6 Å². The van der Waals surface area contributed by atoms with Gasteiger partial charge in [0.25, 0.3) is 5.91 Å². The smallest absolute Gasteiger partial charge is 0.406 e. The van der Waals surface area contributed by atoms with E-state index in [1.165, 1.54) is 24.5 Å². The van der Waals surface area contributed by atoms with Crippen molar-refractivity contribution in [3.05, 3.63) is 42.2 Å². The Morgan fingerprint density at radius 3 is 2.30 bits per heavy atom. The molecule has 0 spiro atoms. The average molecular weight is 380 g/mol. The molecule has 6 nitrogen and oxygen atoms in total. The van der Waals surface area contributed by atoms with Crippen LogP contribution in [0, 0.1) is 5.92 Å². The van der Waals surface area contributed by atoms with E-state index in [9.17, 15) is 18.0 Å². The van der Waals surface area contributed by atoms with Gasteiger partial charge in [-0.2, -0.15) is 0 Å². The van der Waals surface area contributed by atoms with Crippen molar-refractivity contribution in [3.8, 4) is 5.75 Å². The molecule has 1 aliphatic rings. The topological polar surface area (TPSA) is 67.4 Å². The van der Waals surface area contributed by atoms with E-state index in [2.05, 4.69) is 31.8 Å². The standard InChI is InChI=1S/C18H19F3N4O2/c1-12-6-8-25(9-7-12)17-22-10-14(11-23-17)24-16(26)13-2-4-15(5-3-13)27-18(19,20)21/h2-5,10-12H,6-9H2,1H3,(H,24,26). The van der Waals surface area contributed by atoms with Gasteiger partial charge in [0.05, 0.1) is 18.1 Å². The Hall–Kier alpha value is -2.84. The molecule has 0 unspecified atom stereocenters. The molecule has 2 aromatic rings. The van der Waals surface area contributed by atoms with Crippen LogP contribution in [0.4, 0.5) is 24.8 Å². The zero-order valence-electron chi connectivity index (χ0n) is 14.7. The molecule has 27 heavy (non-hydrogen) atoms. The van der Waals surface area contributed by atoms with Crippen LogP contribution in [-0.2, 0) is 0 Å². The van der Waals surface area contributed by atoms with E-state index in [1.54, 1.807) is 0 Å². The van der Waals surface area contributed by atoms with E-state index in [4.69, 9.17) is 0 Å². The molecule has 3 rings (SSSR count). The second kappa shape index (κ2) is 7.81. The van der Waals surface area contributed by atoms with Crippen molar-refractivity contribution >= 4 is 17.5 Å². The van der Waals surface area contributed by atoms with E-state index in [0.717, 1.165) is 38.1 Å². The number of amides is 1. The second-order valence-electron chi connectivity index (χ2n) is 6.47. The monoisotopic (exact) mass is 380 g/mol. The van der Waals surface area contributed by atoms with Crippen LogP contribution in [0.3, 0.4) is 0 Å². The minimum atomic E-state index is -4.77. The number of rotatable bonds is 4. The molecule has 2 heterocycles. The maximum absolute atomic E-state index is 12.2. The van der Waals surface area contributed by atoms with Crippen LogP contribution in [0.25, 0.3) is 0 Å². The largest absolute Gasteiger partial charge is 0.573 e. The lowest BCUT2D eigenvalue weighted by Gasteiger charge is -2.30. The average Bonchev–Trinajstić information content (AvgIpc) is 2.62. The van der Waals surface area contributed by atoms with E-state index >= 15 is 0 Å². The van der Waals surface area contributed by atoms with Crippen molar-refractivity contribution in [1.29, 1.82) is 0 Å². The molecule has 9 heteroatoms. The van der Waals surface area contributed by atoms with Gasteiger partial charge in [-0.15, -0.1) is 13.2 Å². The molecule has 0 atom stereocenters. The van der Waals surface area contributed by atoms with Crippen molar-refractivity contribution in [1.82, 2.24) is 9.97 Å². The first-order valence-electron chi connectivity index (χ1n) is 8.54. The number of nitrogens with zero attached hydrogens (tertiary/aromatic N) is 3. The molecular formula is C18H19F3N4O2. The molecule has 1 saturated heterocycles. The summed E-state index contributed by atoms with van der Waals surface area (Å²) in [4.78, 5) is 22.9. The van der Waals surface area contributed by atoms with Gasteiger partial charge in [-0.1, -0.05) is 6.92 Å². The number of ether oxygens (including phenoxy) is 1. The maximum Gasteiger partial charge on any atom is 0.573 e. The molecule has 1 aromatic carbocycles. The Kier molecular flexibility index (Phi) is 5.48. The molecule has 0 aliphatic carbocycles. The van der Waals surface area contributed by atoms with Gasteiger partial charge in [-0.05, 0) is 43.0 Å². The number of nitrogens with one attached hydrogen (secondary N) is 1. The van der Waals surface area contributed by atoms with E-state index in [-0.39, 0.29) is 11.3 Å². The van der Waals surface area contributed by atoms with Crippen LogP contribution in [0.15, 0.2) is 36.7 Å². The summed E-state index contributed by atoms with van der Waals surface area (Å²) in [5.74, 6) is 0.459. The third-order valence-electron chi connectivity index (χ3n) is 4.31. The van der Waals surface area contributed by atoms with Gasteiger partial charge in [0, 0.05) is 18.7 Å². The first kappa shape index (κ1) is 18.9. The predicted molar refractivity (Wildman–Crippen MR) is 93.7 cm³/mol. The van der Waals surface area contributed by atoms with Crippen molar-refractivity contribution in [3.63, 3.8) is 0 Å². The number of carbonyl (C=O) groups excluding carboxylic acids is 1. The van der Waals surface area contributed by atoms with Crippen LogP contribution in [-0.4, -0.2) is 35.3 Å². The number of anilines is 2. The number of hydrogen-bond donors (Lipinski definition) is 1. The fourth-order valence-electron chi connectivity index (χ4n) is 2.77. The van der Waals surface area contributed by atoms with E-state index < -0.39 is 12.3 Å². The number of benzene rings is 1. The number of hydrogen-bond acceptors (Lipinski definition) is 5. The van der Waals surface area contributed by atoms with Crippen molar-refractivity contribution in [2.45, 2.75) is 26.1 Å². The number of piperidine rings is 1. The Morgan fingerprint density at radius 1 is 1.15 bits per heavy atom. The van der Waals surface area contributed by atoms with Gasteiger partial charge in [0.15, 0.2) is 0 Å². The summed E-state index contributed by atoms with van der Waals surface area (Å²) in [6, 6.07) is 4.67. The zero-order valence-corrected chi connectivity index (χ0v) is 14.7. The van der Waals surface area contributed by atoms with Crippen LogP contribution >= 0.6 is 0 Å². The highest BCUT2D eigenvalue weighted by Gasteiger charge is 2.31. The normalized spacial score (nSPS) is 15.5. The molecule has 0 radical (unpaired) electrons. The summed E-state index contributed by atoms with van der Waals surface area (Å²) in [5.41, 5.74) is 0.600. The summed E-state index contributed by atoms with van der Waals surface area (Å²) in [6.45, 7) is 4.02. The van der Waals surface area contributed by atoms with Gasteiger partial charge in [-0.25, -0.2) is 9.97 Å². The molecule has 0 saturated carbocycles. The molecule has 1 N–H and O–H groups in total. The lowest BCUT2D eigenvalue weighted by Crippen LogP contribution is -2.34. The van der Waals surface area contributed by atoms with Gasteiger partial charge in [0.1, 0.15) is 5.75 Å². The summed E-state index contributed by atoms with van der Waals surface area (Å²) in [7, 11) is 0. The Bertz CT molecular complexity index is 771. The zero-order chi connectivity index (χ0) is 19.4. The highest BCUT2D eigenvalue weighted by Crippen LogP contribution is 2.23. The Labute approximate surface area is 154 Å². The molecule has 1 amide bonds. The van der Waals surface area contributed by atoms with Crippen LogP contribution in [0.5, 0.6) is 5.75 Å². The first-order valence-corrected chi connectivity index (χ1v) is 8.54. The fourth-order valence-corrected chi connectivity index (χ4v) is 2.77. The van der Waals surface area contributed by atoms with Crippen molar-refractivity contribution in [2.24, 2.45) is 5.92 Å². The lowest BCUT2D eigenvalue weighted by atomic mass is 10.00. The Balaban J connectivity index is 1.59. The third-order valence-corrected chi connectivity index (χ3v) is 4.31. The van der Waals surface area contributed by atoms with Crippen LogP contribution < -0.4 is 15.0 Å². The lowest BCUT2D eigenvalue weighted by molar-refractivity contribution is -0.274. The Morgan fingerprint density at radius 2 is 1.74 bits per heavy atom. The van der Waals surface area contributed by atoms with Gasteiger partial charge < -0.3 is 15.0 Å². The summed E-state index contributed by atoms with van der Waals surface area (Å²) in [5, 5.41) is 2.62. The van der Waals surface area contributed by atoms with Crippen molar-refractivity contribution in [2.75, 3.05) is 23.3 Å². The number of alkyl halides is 3. The van der Waals surface area contributed by atoms with E-state index in [1.807, 2.05) is 0 Å². The first-order chi connectivity index (χ1) is 12.8. The number of carbonyl (C=O) groups is 1. The highest BCUT2D eigenvalue weighted by molar-refractivity contribution is 6.04. The van der Waals surface area contributed by atoms with Crippen LogP contribution in [0.2, 0.25) is 0 Å². The molecule has 0 bridgehead atoms. The number of halogens is 3. The molecule has 1 aromatic heterocycles. The SMILES string of the molecule is CC1CCN(c2ncc(NC(=O)c3ccc(OC(F)(F)F)cc3)cn2)CC1.